The molecule has 3 unspecified atom stereocenters. The van der Waals surface area contributed by atoms with Crippen molar-refractivity contribution in [3.8, 4) is 0 Å². The van der Waals surface area contributed by atoms with Crippen molar-refractivity contribution in [3.63, 3.8) is 0 Å². The van der Waals surface area contributed by atoms with Gasteiger partial charge in [-0.2, -0.15) is 0 Å². The van der Waals surface area contributed by atoms with Crippen molar-refractivity contribution in [2.75, 3.05) is 13.2 Å². The number of carbonyl (C=O) groups is 1. The van der Waals surface area contributed by atoms with Crippen molar-refractivity contribution in [2.24, 2.45) is 5.92 Å². The van der Waals surface area contributed by atoms with Crippen LogP contribution in [-0.2, 0) is 9.53 Å². The van der Waals surface area contributed by atoms with Crippen molar-refractivity contribution in [3.05, 3.63) is 35.9 Å². The van der Waals surface area contributed by atoms with Gasteiger partial charge in [0.1, 0.15) is 6.61 Å². The van der Waals surface area contributed by atoms with E-state index in [-0.39, 0.29) is 31.3 Å². The largest absolute Gasteiger partial charge is 0.396 e. The highest BCUT2D eigenvalue weighted by atomic mass is 16.5. The van der Waals surface area contributed by atoms with Crippen molar-refractivity contribution < 1.29 is 14.6 Å². The van der Waals surface area contributed by atoms with Gasteiger partial charge in [0.15, 0.2) is 0 Å². The Morgan fingerprint density at radius 3 is 2.73 bits per heavy atom. The van der Waals surface area contributed by atoms with Gasteiger partial charge in [0.05, 0.1) is 12.1 Å². The van der Waals surface area contributed by atoms with E-state index in [2.05, 4.69) is 12.2 Å². The van der Waals surface area contributed by atoms with Crippen molar-refractivity contribution >= 4 is 5.91 Å². The molecule has 122 valence electrons. The van der Waals surface area contributed by atoms with Gasteiger partial charge in [-0.15, -0.1) is 0 Å². The van der Waals surface area contributed by atoms with Crippen LogP contribution in [0.25, 0.3) is 0 Å². The number of hydrogen-bond acceptors (Lipinski definition) is 3. The Kier molecular flexibility index (Phi) is 6.87. The minimum Gasteiger partial charge on any atom is -0.396 e. The molecule has 0 aliphatic heterocycles. The Balaban J connectivity index is 1.83. The van der Waals surface area contributed by atoms with Crippen LogP contribution in [0.3, 0.4) is 0 Å². The maximum atomic E-state index is 12.1. The van der Waals surface area contributed by atoms with E-state index in [0.717, 1.165) is 12.0 Å². The first-order chi connectivity index (χ1) is 10.7. The van der Waals surface area contributed by atoms with Gasteiger partial charge in [-0.1, -0.05) is 50.1 Å². The zero-order chi connectivity index (χ0) is 15.8. The van der Waals surface area contributed by atoms with Crippen LogP contribution in [0.5, 0.6) is 0 Å². The summed E-state index contributed by atoms with van der Waals surface area (Å²) in [4.78, 5) is 12.1. The molecule has 2 N–H and O–H groups in total. The molecule has 1 fully saturated rings. The van der Waals surface area contributed by atoms with Gasteiger partial charge < -0.3 is 15.2 Å². The molecule has 3 atom stereocenters. The smallest absolute Gasteiger partial charge is 0.246 e. The van der Waals surface area contributed by atoms with Gasteiger partial charge in [0, 0.05) is 6.61 Å². The first kappa shape index (κ1) is 17.0. The Morgan fingerprint density at radius 2 is 2.05 bits per heavy atom. The molecule has 1 aliphatic rings. The first-order valence-electron chi connectivity index (χ1n) is 8.27. The lowest BCUT2D eigenvalue weighted by Gasteiger charge is -2.28. The first-order valence-corrected chi connectivity index (χ1v) is 8.27. The fourth-order valence-corrected chi connectivity index (χ4v) is 3.09. The van der Waals surface area contributed by atoms with Crippen LogP contribution in [0.4, 0.5) is 0 Å². The number of amides is 1. The maximum Gasteiger partial charge on any atom is 0.246 e. The minimum atomic E-state index is -0.161. The Labute approximate surface area is 132 Å². The van der Waals surface area contributed by atoms with Crippen LogP contribution in [0.15, 0.2) is 30.3 Å². The van der Waals surface area contributed by atoms with E-state index in [1.165, 1.54) is 19.3 Å². The summed E-state index contributed by atoms with van der Waals surface area (Å²) < 4.78 is 5.80. The lowest BCUT2D eigenvalue weighted by molar-refractivity contribution is -0.130. The highest BCUT2D eigenvalue weighted by Crippen LogP contribution is 2.26. The SMILES string of the molecule is CC1CCCCC1OCC(=O)NC(CCO)c1ccccc1. The third-order valence-electron chi connectivity index (χ3n) is 4.42. The molecule has 0 radical (unpaired) electrons. The van der Waals surface area contributed by atoms with E-state index in [9.17, 15) is 9.90 Å². The monoisotopic (exact) mass is 305 g/mol. The van der Waals surface area contributed by atoms with E-state index in [1.807, 2.05) is 30.3 Å². The second-order valence-electron chi connectivity index (χ2n) is 6.15. The maximum absolute atomic E-state index is 12.1. The van der Waals surface area contributed by atoms with E-state index in [0.29, 0.717) is 12.3 Å². The van der Waals surface area contributed by atoms with Gasteiger partial charge in [-0.05, 0) is 30.7 Å². The third kappa shape index (κ3) is 5.11. The lowest BCUT2D eigenvalue weighted by Crippen LogP contribution is -2.35. The zero-order valence-electron chi connectivity index (χ0n) is 13.3. The van der Waals surface area contributed by atoms with Crippen LogP contribution in [0.2, 0.25) is 0 Å². The molecule has 4 heteroatoms. The molecule has 22 heavy (non-hydrogen) atoms. The third-order valence-corrected chi connectivity index (χ3v) is 4.42. The van der Waals surface area contributed by atoms with Crippen molar-refractivity contribution in [1.82, 2.24) is 5.32 Å². The van der Waals surface area contributed by atoms with Gasteiger partial charge >= 0.3 is 0 Å². The molecule has 1 saturated carbocycles. The van der Waals surface area contributed by atoms with Gasteiger partial charge in [0.25, 0.3) is 0 Å². The predicted octanol–water partition coefficient (Wildman–Crippen LogP) is 2.82. The number of rotatable bonds is 7. The van der Waals surface area contributed by atoms with Gasteiger partial charge in [0.2, 0.25) is 5.91 Å². The van der Waals surface area contributed by atoms with Crippen LogP contribution in [0, 0.1) is 5.92 Å². The molecule has 1 aromatic rings. The summed E-state index contributed by atoms with van der Waals surface area (Å²) in [6.07, 6.45) is 5.40. The van der Waals surface area contributed by atoms with Crippen LogP contribution >= 0.6 is 0 Å². The fourth-order valence-electron chi connectivity index (χ4n) is 3.09. The summed E-state index contributed by atoms with van der Waals surface area (Å²) in [6.45, 7) is 2.34. The molecule has 1 aromatic carbocycles. The van der Waals surface area contributed by atoms with E-state index in [1.54, 1.807) is 0 Å². The lowest BCUT2D eigenvalue weighted by atomic mass is 9.88. The van der Waals surface area contributed by atoms with Crippen molar-refractivity contribution in [2.45, 2.75) is 51.2 Å². The van der Waals surface area contributed by atoms with E-state index >= 15 is 0 Å². The van der Waals surface area contributed by atoms with E-state index < -0.39 is 0 Å². The number of carbonyl (C=O) groups excluding carboxylic acids is 1. The summed E-state index contributed by atoms with van der Waals surface area (Å²) in [5, 5.41) is 12.2. The molecule has 0 saturated heterocycles. The van der Waals surface area contributed by atoms with Crippen LogP contribution < -0.4 is 5.32 Å². The fraction of sp³-hybridized carbons (Fsp3) is 0.611. The summed E-state index contributed by atoms with van der Waals surface area (Å²) in [7, 11) is 0. The minimum absolute atomic E-state index is 0.0420. The Morgan fingerprint density at radius 1 is 1.32 bits per heavy atom. The van der Waals surface area contributed by atoms with Gasteiger partial charge in [-0.25, -0.2) is 0 Å². The molecule has 0 aromatic heterocycles. The average Bonchev–Trinajstić information content (AvgIpc) is 2.54. The molecular formula is C18H27NO3. The van der Waals surface area contributed by atoms with E-state index in [4.69, 9.17) is 4.74 Å². The second kappa shape index (κ2) is 8.91. The molecule has 1 amide bonds. The zero-order valence-corrected chi connectivity index (χ0v) is 13.3. The number of benzene rings is 1. The summed E-state index contributed by atoms with van der Waals surface area (Å²) in [6, 6.07) is 9.58. The quantitative estimate of drug-likeness (QED) is 0.814. The normalized spacial score (nSPS) is 23.0. The highest BCUT2D eigenvalue weighted by molar-refractivity contribution is 5.77. The highest BCUT2D eigenvalue weighted by Gasteiger charge is 2.23. The number of ether oxygens (including phenoxy) is 1. The number of nitrogens with one attached hydrogen (secondary N) is 1. The molecule has 2 rings (SSSR count). The van der Waals surface area contributed by atoms with Gasteiger partial charge in [-0.3, -0.25) is 4.79 Å². The second-order valence-corrected chi connectivity index (χ2v) is 6.15. The predicted molar refractivity (Wildman–Crippen MR) is 86.4 cm³/mol. The molecular weight excluding hydrogens is 278 g/mol. The summed E-state index contributed by atoms with van der Waals surface area (Å²) in [5.74, 6) is 0.420. The molecule has 0 spiro atoms. The molecule has 0 bridgehead atoms. The topological polar surface area (TPSA) is 58.6 Å². The number of aliphatic hydroxyl groups excluding tert-OH is 1. The molecule has 1 aliphatic carbocycles. The average molecular weight is 305 g/mol. The standard InChI is InChI=1S/C18H27NO3/c1-14-7-5-6-10-17(14)22-13-18(21)19-16(11-12-20)15-8-3-2-4-9-15/h2-4,8-9,14,16-17,20H,5-7,10-13H2,1H3,(H,19,21). The van der Waals surface area contributed by atoms with Crippen molar-refractivity contribution in [1.29, 1.82) is 0 Å². The summed E-state index contributed by atoms with van der Waals surface area (Å²) in [5.41, 5.74) is 1.01. The molecule has 4 nitrogen and oxygen atoms in total. The molecule has 0 heterocycles. The number of hydrogen-bond donors (Lipinski definition) is 2. The number of aliphatic hydroxyl groups is 1. The summed E-state index contributed by atoms with van der Waals surface area (Å²) >= 11 is 0. The van der Waals surface area contributed by atoms with Crippen LogP contribution in [0.1, 0.15) is 50.6 Å². The Bertz CT molecular complexity index is 449. The van der Waals surface area contributed by atoms with Crippen LogP contribution in [-0.4, -0.2) is 30.3 Å². The Hall–Kier alpha value is -1.39.